The van der Waals surface area contributed by atoms with Gasteiger partial charge in [-0.3, -0.25) is 4.79 Å². The molecule has 1 heterocycles. The van der Waals surface area contributed by atoms with Gasteiger partial charge in [-0.1, -0.05) is 55.8 Å². The number of hydrazone groups is 1. The predicted octanol–water partition coefficient (Wildman–Crippen LogP) is 6.74. The number of hydrogen-bond acceptors (Lipinski definition) is 7. The maximum Gasteiger partial charge on any atom is 0.355 e. The van der Waals surface area contributed by atoms with Crippen LogP contribution in [0.2, 0.25) is 5.02 Å². The Labute approximate surface area is 230 Å². The number of carbonyl (C=O) groups is 2. The van der Waals surface area contributed by atoms with Crippen LogP contribution in [0, 0.1) is 6.92 Å². The van der Waals surface area contributed by atoms with Crippen molar-refractivity contribution < 1.29 is 23.8 Å². The summed E-state index contributed by atoms with van der Waals surface area (Å²) in [6.45, 7) is 5.96. The molecule has 196 valence electrons. The summed E-state index contributed by atoms with van der Waals surface area (Å²) in [7, 11) is 1.47. The molecule has 0 aliphatic heterocycles. The standard InChI is InChI=1S/C29H27ClN2O5S/c1-17(2)20-11-9-18(3)23(14-20)36-16-26(33)32-31-15-19-10-12-22(24(13-19)35-4)37-29(34)28-27(30)21-7-5-6-8-25(21)38-28/h5-15,17H,16H2,1-4H3,(H,32,33). The number of thiophene rings is 1. The number of benzene rings is 3. The lowest BCUT2D eigenvalue weighted by Gasteiger charge is -2.12. The first kappa shape index (κ1) is 27.2. The first-order valence-electron chi connectivity index (χ1n) is 11.9. The number of rotatable bonds is 9. The summed E-state index contributed by atoms with van der Waals surface area (Å²) < 4.78 is 17.5. The van der Waals surface area contributed by atoms with E-state index in [1.807, 2.05) is 43.3 Å². The number of hydrogen-bond donors (Lipinski definition) is 1. The normalized spacial score (nSPS) is 11.2. The summed E-state index contributed by atoms with van der Waals surface area (Å²) >= 11 is 7.67. The molecule has 0 radical (unpaired) electrons. The maximum absolute atomic E-state index is 12.8. The van der Waals surface area contributed by atoms with Crippen molar-refractivity contribution in [2.75, 3.05) is 13.7 Å². The van der Waals surface area contributed by atoms with E-state index in [1.165, 1.54) is 24.7 Å². The van der Waals surface area contributed by atoms with Crippen LogP contribution in [-0.4, -0.2) is 31.8 Å². The Hall–Kier alpha value is -3.88. The van der Waals surface area contributed by atoms with E-state index in [-0.39, 0.29) is 12.4 Å². The SMILES string of the molecule is COc1cc(C=NNC(=O)COc2cc(C(C)C)ccc2C)ccc1OC(=O)c1sc2ccccc2c1Cl. The molecule has 3 aromatic carbocycles. The molecule has 38 heavy (non-hydrogen) atoms. The minimum Gasteiger partial charge on any atom is -0.493 e. The Balaban J connectivity index is 1.36. The van der Waals surface area contributed by atoms with Crippen molar-refractivity contribution in [3.05, 3.63) is 87.3 Å². The number of ether oxygens (including phenoxy) is 3. The van der Waals surface area contributed by atoms with E-state index in [9.17, 15) is 9.59 Å². The minimum absolute atomic E-state index is 0.168. The molecule has 4 rings (SSSR count). The highest BCUT2D eigenvalue weighted by Crippen LogP contribution is 2.37. The molecule has 7 nitrogen and oxygen atoms in total. The Kier molecular flexibility index (Phi) is 8.66. The molecule has 9 heteroatoms. The third-order valence-corrected chi connectivity index (χ3v) is 7.41. The van der Waals surface area contributed by atoms with Crippen LogP contribution < -0.4 is 19.6 Å². The van der Waals surface area contributed by atoms with Crippen molar-refractivity contribution in [1.29, 1.82) is 0 Å². The summed E-state index contributed by atoms with van der Waals surface area (Å²) in [5.41, 5.74) is 5.17. The Bertz CT molecular complexity index is 1510. The molecule has 0 unspecified atom stereocenters. The lowest BCUT2D eigenvalue weighted by molar-refractivity contribution is -0.123. The van der Waals surface area contributed by atoms with Crippen LogP contribution >= 0.6 is 22.9 Å². The highest BCUT2D eigenvalue weighted by atomic mass is 35.5. The number of fused-ring (bicyclic) bond motifs is 1. The lowest BCUT2D eigenvalue weighted by atomic mass is 10.0. The molecule has 0 atom stereocenters. The van der Waals surface area contributed by atoms with E-state index in [4.69, 9.17) is 25.8 Å². The second kappa shape index (κ2) is 12.1. The molecule has 1 amide bonds. The van der Waals surface area contributed by atoms with Gasteiger partial charge in [-0.25, -0.2) is 10.2 Å². The van der Waals surface area contributed by atoms with Gasteiger partial charge in [0.1, 0.15) is 10.6 Å². The summed E-state index contributed by atoms with van der Waals surface area (Å²) in [5, 5.41) is 5.15. The Morgan fingerprint density at radius 3 is 2.58 bits per heavy atom. The van der Waals surface area contributed by atoms with Crippen molar-refractivity contribution in [2.24, 2.45) is 5.10 Å². The van der Waals surface area contributed by atoms with E-state index in [2.05, 4.69) is 30.4 Å². The van der Waals surface area contributed by atoms with Gasteiger partial charge in [-0.05, 0) is 59.9 Å². The van der Waals surface area contributed by atoms with Crippen molar-refractivity contribution in [3.8, 4) is 17.2 Å². The third kappa shape index (κ3) is 6.33. The zero-order chi connectivity index (χ0) is 27.2. The molecule has 0 spiro atoms. The summed E-state index contributed by atoms with van der Waals surface area (Å²) in [6.07, 6.45) is 1.46. The van der Waals surface area contributed by atoms with Gasteiger partial charge in [0.25, 0.3) is 5.91 Å². The topological polar surface area (TPSA) is 86.2 Å². The minimum atomic E-state index is -0.572. The molecule has 0 saturated heterocycles. The zero-order valence-corrected chi connectivity index (χ0v) is 23.0. The van der Waals surface area contributed by atoms with Crippen LogP contribution in [-0.2, 0) is 4.79 Å². The molecular formula is C29H27ClN2O5S. The highest BCUT2D eigenvalue weighted by Gasteiger charge is 2.20. The molecule has 0 aliphatic rings. The number of nitrogens with one attached hydrogen (secondary N) is 1. The van der Waals surface area contributed by atoms with E-state index >= 15 is 0 Å². The van der Waals surface area contributed by atoms with Gasteiger partial charge in [0.2, 0.25) is 0 Å². The molecule has 1 N–H and O–H groups in total. The van der Waals surface area contributed by atoms with Gasteiger partial charge < -0.3 is 14.2 Å². The Morgan fingerprint density at radius 1 is 1.05 bits per heavy atom. The fourth-order valence-corrected chi connectivity index (χ4v) is 5.01. The van der Waals surface area contributed by atoms with Crippen molar-refractivity contribution in [2.45, 2.75) is 26.7 Å². The largest absolute Gasteiger partial charge is 0.493 e. The molecule has 0 bridgehead atoms. The summed E-state index contributed by atoms with van der Waals surface area (Å²) in [6, 6.07) is 18.4. The molecule has 1 aromatic heterocycles. The first-order valence-corrected chi connectivity index (χ1v) is 13.1. The number of carbonyl (C=O) groups excluding carboxylic acids is 2. The maximum atomic E-state index is 12.8. The number of nitrogens with zero attached hydrogens (tertiary/aromatic N) is 1. The smallest absolute Gasteiger partial charge is 0.355 e. The van der Waals surface area contributed by atoms with Gasteiger partial charge in [0.05, 0.1) is 18.3 Å². The highest BCUT2D eigenvalue weighted by molar-refractivity contribution is 7.21. The van der Waals surface area contributed by atoms with E-state index in [0.29, 0.717) is 32.9 Å². The van der Waals surface area contributed by atoms with Crippen molar-refractivity contribution in [1.82, 2.24) is 5.43 Å². The first-order chi connectivity index (χ1) is 18.3. The quantitative estimate of drug-likeness (QED) is 0.108. The zero-order valence-electron chi connectivity index (χ0n) is 21.4. The van der Waals surface area contributed by atoms with E-state index in [0.717, 1.165) is 21.2 Å². The average molecular weight is 551 g/mol. The number of esters is 1. The molecular weight excluding hydrogens is 524 g/mol. The fraction of sp³-hybridized carbons (Fsp3) is 0.207. The number of methoxy groups -OCH3 is 1. The van der Waals surface area contributed by atoms with Crippen LogP contribution in [0.4, 0.5) is 0 Å². The molecule has 0 saturated carbocycles. The van der Waals surface area contributed by atoms with Gasteiger partial charge in [0.15, 0.2) is 18.1 Å². The number of amides is 1. The van der Waals surface area contributed by atoms with Crippen molar-refractivity contribution in [3.63, 3.8) is 0 Å². The second-order valence-corrected chi connectivity index (χ2v) is 10.2. The molecule has 4 aromatic rings. The van der Waals surface area contributed by atoms with E-state index < -0.39 is 11.9 Å². The van der Waals surface area contributed by atoms with Crippen LogP contribution in [0.5, 0.6) is 17.2 Å². The molecule has 0 aliphatic carbocycles. The molecule has 0 fully saturated rings. The van der Waals surface area contributed by atoms with Gasteiger partial charge in [-0.15, -0.1) is 11.3 Å². The van der Waals surface area contributed by atoms with Crippen LogP contribution in [0.3, 0.4) is 0 Å². The lowest BCUT2D eigenvalue weighted by Crippen LogP contribution is -2.24. The number of halogens is 1. The second-order valence-electron chi connectivity index (χ2n) is 8.80. The van der Waals surface area contributed by atoms with Gasteiger partial charge >= 0.3 is 5.97 Å². The van der Waals surface area contributed by atoms with Crippen LogP contribution in [0.15, 0.2) is 65.8 Å². The summed E-state index contributed by atoms with van der Waals surface area (Å²) in [4.78, 5) is 25.3. The van der Waals surface area contributed by atoms with Crippen molar-refractivity contribution >= 4 is 51.1 Å². The van der Waals surface area contributed by atoms with Crippen LogP contribution in [0.25, 0.3) is 10.1 Å². The predicted molar refractivity (Wildman–Crippen MR) is 151 cm³/mol. The monoisotopic (exact) mass is 550 g/mol. The van der Waals surface area contributed by atoms with Crippen LogP contribution in [0.1, 0.15) is 46.1 Å². The Morgan fingerprint density at radius 2 is 1.84 bits per heavy atom. The van der Waals surface area contributed by atoms with E-state index in [1.54, 1.807) is 18.2 Å². The van der Waals surface area contributed by atoms with Gasteiger partial charge in [-0.2, -0.15) is 5.10 Å². The fourth-order valence-electron chi connectivity index (χ4n) is 3.63. The number of aryl methyl sites for hydroxylation is 1. The summed E-state index contributed by atoms with van der Waals surface area (Å²) in [5.74, 6) is 0.624. The average Bonchev–Trinajstić information content (AvgIpc) is 3.25. The van der Waals surface area contributed by atoms with Gasteiger partial charge in [0, 0.05) is 10.1 Å². The third-order valence-electron chi connectivity index (χ3n) is 5.75.